The van der Waals surface area contributed by atoms with Crippen molar-refractivity contribution in [3.05, 3.63) is 0 Å². The highest BCUT2D eigenvalue weighted by molar-refractivity contribution is 5.28. The summed E-state index contributed by atoms with van der Waals surface area (Å²) in [4.78, 5) is 0. The summed E-state index contributed by atoms with van der Waals surface area (Å²) < 4.78 is 2.26. The van der Waals surface area contributed by atoms with E-state index in [0.29, 0.717) is 12.1 Å². The van der Waals surface area contributed by atoms with Crippen LogP contribution < -0.4 is 0 Å². The Balaban J connectivity index is 1.99. The Morgan fingerprint density at radius 1 is 0.733 bits per heavy atom. The Hall–Kier alpha value is -0.620. The van der Waals surface area contributed by atoms with Crippen molar-refractivity contribution in [3.8, 4) is 0 Å². The molecular weight excluding hydrogens is 184 g/mol. The molecule has 0 spiro atoms. The first kappa shape index (κ1) is 10.9. The Labute approximate surface area is 92.9 Å². The van der Waals surface area contributed by atoms with Gasteiger partial charge in [-0.1, -0.05) is 18.3 Å². The van der Waals surface area contributed by atoms with Gasteiger partial charge in [-0.15, -0.1) is 0 Å². The van der Waals surface area contributed by atoms with Crippen LogP contribution in [0.1, 0.15) is 64.2 Å². The highest BCUT2D eigenvalue weighted by Gasteiger charge is 2.28. The summed E-state index contributed by atoms with van der Waals surface area (Å²) in [6.45, 7) is 0. The molecule has 2 fully saturated rings. The van der Waals surface area contributed by atoms with E-state index >= 15 is 0 Å². The van der Waals surface area contributed by atoms with E-state index in [1.807, 2.05) is 0 Å². The predicted octanol–water partition coefficient (Wildman–Crippen LogP) is 3.42. The molecule has 2 rings (SSSR count). The van der Waals surface area contributed by atoms with Crippen LogP contribution in [0.4, 0.5) is 0 Å². The quantitative estimate of drug-likeness (QED) is 0.530. The van der Waals surface area contributed by atoms with Crippen LogP contribution in [0.15, 0.2) is 0 Å². The van der Waals surface area contributed by atoms with Crippen LogP contribution in [0, 0.1) is 5.41 Å². The highest BCUT2D eigenvalue weighted by atomic mass is 15.1. The second-order valence-electron chi connectivity index (χ2n) is 5.10. The standard InChI is InChI=1S/C13H23N2/c14-11-15(12-7-3-1-4-8-12)13-9-5-2-6-10-13/h12-14H,1-10H2/q+1. The van der Waals surface area contributed by atoms with Gasteiger partial charge in [-0.3, -0.25) is 0 Å². The number of hydrogen-bond donors (Lipinski definition) is 1. The van der Waals surface area contributed by atoms with E-state index in [4.69, 9.17) is 5.41 Å². The SMILES string of the molecule is N=C=[N+](C1CCCCC1)C1CCCCC1. The first-order valence-electron chi connectivity index (χ1n) is 6.62. The fourth-order valence-corrected chi connectivity index (χ4v) is 3.20. The third-order valence-electron chi connectivity index (χ3n) is 4.07. The van der Waals surface area contributed by atoms with Gasteiger partial charge < -0.3 is 0 Å². The van der Waals surface area contributed by atoms with Gasteiger partial charge in [0.1, 0.15) is 12.1 Å². The van der Waals surface area contributed by atoms with Crippen LogP contribution in [0.3, 0.4) is 0 Å². The lowest BCUT2D eigenvalue weighted by Gasteiger charge is -2.28. The van der Waals surface area contributed by atoms with Crippen LogP contribution in [-0.2, 0) is 0 Å². The lowest BCUT2D eigenvalue weighted by Crippen LogP contribution is -2.37. The molecular formula is C13H23N2+. The van der Waals surface area contributed by atoms with Gasteiger partial charge in [0.15, 0.2) is 0 Å². The zero-order chi connectivity index (χ0) is 10.5. The molecule has 84 valence electrons. The molecule has 2 nitrogen and oxygen atoms in total. The molecule has 0 aromatic carbocycles. The molecule has 0 aromatic heterocycles. The van der Waals surface area contributed by atoms with E-state index in [0.717, 1.165) is 0 Å². The summed E-state index contributed by atoms with van der Waals surface area (Å²) in [5.74, 6) is 0. The summed E-state index contributed by atoms with van der Waals surface area (Å²) in [6.07, 6.45) is 13.4. The zero-order valence-corrected chi connectivity index (χ0v) is 9.67. The van der Waals surface area contributed by atoms with E-state index in [9.17, 15) is 0 Å². The van der Waals surface area contributed by atoms with Gasteiger partial charge in [0, 0.05) is 0 Å². The number of hydrogen-bond acceptors (Lipinski definition) is 1. The molecule has 0 atom stereocenters. The first-order chi connectivity index (χ1) is 7.42. The summed E-state index contributed by atoms with van der Waals surface area (Å²) in [7, 11) is 0. The van der Waals surface area contributed by atoms with E-state index < -0.39 is 0 Å². The molecule has 0 radical (unpaired) electrons. The molecule has 0 heterocycles. The maximum absolute atomic E-state index is 7.51. The van der Waals surface area contributed by atoms with Crippen molar-refractivity contribution in [2.75, 3.05) is 0 Å². The van der Waals surface area contributed by atoms with Gasteiger partial charge in [-0.25, -0.2) is 4.58 Å². The fraction of sp³-hybridized carbons (Fsp3) is 0.923. The molecule has 2 aliphatic carbocycles. The third kappa shape index (κ3) is 2.69. The van der Waals surface area contributed by atoms with Crippen LogP contribution in [0.5, 0.6) is 0 Å². The second kappa shape index (κ2) is 5.46. The Kier molecular flexibility index (Phi) is 3.96. The van der Waals surface area contributed by atoms with E-state index in [2.05, 4.69) is 10.6 Å². The van der Waals surface area contributed by atoms with Gasteiger partial charge in [-0.05, 0) is 51.4 Å². The van der Waals surface area contributed by atoms with Crippen molar-refractivity contribution >= 4 is 6.01 Å². The minimum Gasteiger partial charge on any atom is -0.215 e. The normalized spacial score (nSPS) is 24.8. The maximum atomic E-state index is 7.51. The van der Waals surface area contributed by atoms with Crippen molar-refractivity contribution < 1.29 is 4.58 Å². The van der Waals surface area contributed by atoms with Crippen LogP contribution in [0.2, 0.25) is 0 Å². The van der Waals surface area contributed by atoms with Gasteiger partial charge in [0.25, 0.3) is 0 Å². The Bertz CT molecular complexity index is 221. The molecule has 0 aliphatic heterocycles. The minimum absolute atomic E-state index is 0.638. The third-order valence-corrected chi connectivity index (χ3v) is 4.07. The molecule has 2 heteroatoms. The molecule has 0 amide bonds. The molecule has 0 saturated heterocycles. The largest absolute Gasteiger partial charge is 0.304 e. The summed E-state index contributed by atoms with van der Waals surface area (Å²) >= 11 is 0. The van der Waals surface area contributed by atoms with Crippen molar-refractivity contribution in [3.63, 3.8) is 0 Å². The predicted molar refractivity (Wildman–Crippen MR) is 61.7 cm³/mol. The second-order valence-corrected chi connectivity index (χ2v) is 5.10. The molecule has 0 unspecified atom stereocenters. The number of nitrogens with one attached hydrogen (secondary N) is 1. The zero-order valence-electron chi connectivity index (χ0n) is 9.67. The maximum Gasteiger partial charge on any atom is 0.304 e. The average molecular weight is 207 g/mol. The minimum atomic E-state index is 0.638. The lowest BCUT2D eigenvalue weighted by atomic mass is 9.90. The van der Waals surface area contributed by atoms with E-state index in [-0.39, 0.29) is 0 Å². The summed E-state index contributed by atoms with van der Waals surface area (Å²) in [5.41, 5.74) is 0. The molecule has 0 aromatic rings. The fourth-order valence-electron chi connectivity index (χ4n) is 3.20. The number of rotatable bonds is 2. The van der Waals surface area contributed by atoms with Gasteiger partial charge in [-0.2, -0.15) is 0 Å². The van der Waals surface area contributed by atoms with Crippen molar-refractivity contribution in [2.45, 2.75) is 76.3 Å². The van der Waals surface area contributed by atoms with Gasteiger partial charge in [0.05, 0.1) is 0 Å². The van der Waals surface area contributed by atoms with Crippen molar-refractivity contribution in [2.24, 2.45) is 0 Å². The van der Waals surface area contributed by atoms with E-state index in [1.54, 1.807) is 0 Å². The first-order valence-corrected chi connectivity index (χ1v) is 6.62. The lowest BCUT2D eigenvalue weighted by molar-refractivity contribution is -0.602. The topological polar surface area (TPSA) is 26.9 Å². The van der Waals surface area contributed by atoms with Crippen molar-refractivity contribution in [1.29, 1.82) is 5.41 Å². The molecule has 1 N–H and O–H groups in total. The Morgan fingerprint density at radius 2 is 1.13 bits per heavy atom. The highest BCUT2D eigenvalue weighted by Crippen LogP contribution is 2.26. The molecule has 2 saturated carbocycles. The average Bonchev–Trinajstić information content (AvgIpc) is 2.33. The summed E-state index contributed by atoms with van der Waals surface area (Å²) in [5, 5.41) is 7.51. The van der Waals surface area contributed by atoms with Gasteiger partial charge in [0.2, 0.25) is 0 Å². The van der Waals surface area contributed by atoms with Crippen LogP contribution >= 0.6 is 0 Å². The summed E-state index contributed by atoms with van der Waals surface area (Å²) in [6, 6.07) is 4.00. The van der Waals surface area contributed by atoms with Gasteiger partial charge >= 0.3 is 6.01 Å². The molecule has 2 aliphatic rings. The van der Waals surface area contributed by atoms with E-state index in [1.165, 1.54) is 64.2 Å². The Morgan fingerprint density at radius 3 is 1.47 bits per heavy atom. The number of nitrogens with zero attached hydrogens (tertiary/aromatic N) is 1. The molecule has 0 bridgehead atoms. The van der Waals surface area contributed by atoms with Crippen LogP contribution in [0.25, 0.3) is 0 Å². The smallest absolute Gasteiger partial charge is 0.215 e. The van der Waals surface area contributed by atoms with Crippen LogP contribution in [-0.4, -0.2) is 22.7 Å². The molecule has 15 heavy (non-hydrogen) atoms. The van der Waals surface area contributed by atoms with Crippen molar-refractivity contribution in [1.82, 2.24) is 0 Å². The monoisotopic (exact) mass is 207 g/mol.